The van der Waals surface area contributed by atoms with Gasteiger partial charge in [-0.05, 0) is 47.2 Å². The number of carbonyl (C=O) groups excluding carboxylic acids is 1. The number of piperidine rings is 1. The number of ether oxygens (including phenoxy) is 1. The van der Waals surface area contributed by atoms with Crippen molar-refractivity contribution in [2.75, 3.05) is 13.6 Å². The van der Waals surface area contributed by atoms with Crippen LogP contribution >= 0.6 is 0 Å². The minimum atomic E-state index is -0.766. The Bertz CT molecular complexity index is 321. The Kier molecular flexibility index (Phi) is 4.73. The van der Waals surface area contributed by atoms with Crippen LogP contribution in [0.1, 0.15) is 40.0 Å². The Morgan fingerprint density at radius 3 is 2.50 bits per heavy atom. The maximum absolute atomic E-state index is 11.8. The van der Waals surface area contributed by atoms with Crippen LogP contribution in [0.25, 0.3) is 0 Å². The van der Waals surface area contributed by atoms with Crippen LogP contribution in [0.4, 0.5) is 0 Å². The summed E-state index contributed by atoms with van der Waals surface area (Å²) in [5, 5.41) is 9.03. The molecule has 0 saturated carbocycles. The normalized spacial score (nSPS) is 25.8. The predicted octanol–water partition coefficient (Wildman–Crippen LogP) is 1.51. The van der Waals surface area contributed by atoms with E-state index in [0.29, 0.717) is 19.4 Å². The first-order chi connectivity index (χ1) is 8.19. The summed E-state index contributed by atoms with van der Waals surface area (Å²) in [5.41, 5.74) is -0.490. The third-order valence-electron chi connectivity index (χ3n) is 3.18. The lowest BCUT2D eigenvalue weighted by Gasteiger charge is -2.35. The second-order valence-electron chi connectivity index (χ2n) is 5.98. The highest BCUT2D eigenvalue weighted by atomic mass is 16.6. The molecule has 0 bridgehead atoms. The standard InChI is InChI=1S/C13H23NO4/c1-13(2,3)18-11(15)8-10-7-9(12(16)17)5-6-14(10)4/h9-10H,5-8H2,1-4H3,(H,16,17). The monoisotopic (exact) mass is 257 g/mol. The first kappa shape index (κ1) is 15.0. The van der Waals surface area contributed by atoms with Crippen LogP contribution in [-0.4, -0.2) is 47.2 Å². The van der Waals surface area contributed by atoms with E-state index in [1.807, 2.05) is 32.7 Å². The summed E-state index contributed by atoms with van der Waals surface area (Å²) < 4.78 is 5.27. The second-order valence-corrected chi connectivity index (χ2v) is 5.98. The average molecular weight is 257 g/mol. The molecule has 0 radical (unpaired) electrons. The fourth-order valence-electron chi connectivity index (χ4n) is 2.21. The zero-order valence-corrected chi connectivity index (χ0v) is 11.6. The molecule has 104 valence electrons. The van der Waals surface area contributed by atoms with Gasteiger partial charge < -0.3 is 14.7 Å². The molecule has 5 nitrogen and oxygen atoms in total. The van der Waals surface area contributed by atoms with E-state index in [2.05, 4.69) is 0 Å². The molecule has 0 aromatic heterocycles. The van der Waals surface area contributed by atoms with Gasteiger partial charge in [0, 0.05) is 6.04 Å². The molecule has 2 atom stereocenters. The SMILES string of the molecule is CN1CCC(C(=O)O)CC1CC(=O)OC(C)(C)C. The third-order valence-corrected chi connectivity index (χ3v) is 3.18. The van der Waals surface area contributed by atoms with Gasteiger partial charge in [0.1, 0.15) is 5.60 Å². The summed E-state index contributed by atoms with van der Waals surface area (Å²) in [6.07, 6.45) is 1.43. The lowest BCUT2D eigenvalue weighted by atomic mass is 9.90. The molecule has 5 heteroatoms. The lowest BCUT2D eigenvalue weighted by Crippen LogP contribution is -2.43. The lowest BCUT2D eigenvalue weighted by molar-refractivity contribution is -0.157. The zero-order chi connectivity index (χ0) is 13.9. The highest BCUT2D eigenvalue weighted by Crippen LogP contribution is 2.24. The zero-order valence-electron chi connectivity index (χ0n) is 11.6. The molecule has 0 aliphatic carbocycles. The fraction of sp³-hybridized carbons (Fsp3) is 0.846. The Balaban J connectivity index is 2.53. The van der Waals surface area contributed by atoms with Crippen molar-refractivity contribution in [1.82, 2.24) is 4.90 Å². The van der Waals surface area contributed by atoms with Crippen molar-refractivity contribution in [3.8, 4) is 0 Å². The van der Waals surface area contributed by atoms with Crippen LogP contribution < -0.4 is 0 Å². The topological polar surface area (TPSA) is 66.8 Å². The highest BCUT2D eigenvalue weighted by Gasteiger charge is 2.32. The van der Waals surface area contributed by atoms with Crippen LogP contribution in [0.15, 0.2) is 0 Å². The van der Waals surface area contributed by atoms with E-state index < -0.39 is 11.6 Å². The molecule has 0 aromatic rings. The molecule has 1 aliphatic heterocycles. The van der Waals surface area contributed by atoms with Crippen LogP contribution in [0, 0.1) is 5.92 Å². The Hall–Kier alpha value is -1.10. The number of hydrogen-bond donors (Lipinski definition) is 1. The molecule has 0 aromatic carbocycles. The average Bonchev–Trinajstić information content (AvgIpc) is 2.18. The summed E-state index contributed by atoms with van der Waals surface area (Å²) >= 11 is 0. The van der Waals surface area contributed by atoms with Gasteiger partial charge in [-0.3, -0.25) is 9.59 Å². The molecule has 1 rings (SSSR count). The summed E-state index contributed by atoms with van der Waals surface area (Å²) in [6, 6.07) is -0.0327. The number of carboxylic acids is 1. The van der Waals surface area contributed by atoms with Crippen molar-refractivity contribution in [3.63, 3.8) is 0 Å². The molecule has 1 N–H and O–H groups in total. The molecule has 1 fully saturated rings. The van der Waals surface area contributed by atoms with Crippen LogP contribution in [0.3, 0.4) is 0 Å². The van der Waals surface area contributed by atoms with Gasteiger partial charge in [-0.1, -0.05) is 0 Å². The number of esters is 1. The predicted molar refractivity (Wildman–Crippen MR) is 67.2 cm³/mol. The van der Waals surface area contributed by atoms with E-state index in [1.54, 1.807) is 0 Å². The van der Waals surface area contributed by atoms with Crippen molar-refractivity contribution >= 4 is 11.9 Å². The van der Waals surface area contributed by atoms with Crippen molar-refractivity contribution in [3.05, 3.63) is 0 Å². The smallest absolute Gasteiger partial charge is 0.307 e. The molecule has 1 aliphatic rings. The van der Waals surface area contributed by atoms with Crippen LogP contribution in [0.5, 0.6) is 0 Å². The van der Waals surface area contributed by atoms with Crippen molar-refractivity contribution in [1.29, 1.82) is 0 Å². The van der Waals surface area contributed by atoms with E-state index in [-0.39, 0.29) is 24.3 Å². The molecule has 0 spiro atoms. The number of likely N-dealkylation sites (tertiary alicyclic amines) is 1. The van der Waals surface area contributed by atoms with Crippen molar-refractivity contribution in [2.24, 2.45) is 5.92 Å². The van der Waals surface area contributed by atoms with Gasteiger partial charge in [-0.15, -0.1) is 0 Å². The summed E-state index contributed by atoms with van der Waals surface area (Å²) in [4.78, 5) is 24.8. The quantitative estimate of drug-likeness (QED) is 0.776. The van der Waals surface area contributed by atoms with E-state index >= 15 is 0 Å². The molecule has 2 unspecified atom stereocenters. The number of carbonyl (C=O) groups is 2. The Labute approximate surface area is 108 Å². The molecular weight excluding hydrogens is 234 g/mol. The van der Waals surface area contributed by atoms with E-state index in [9.17, 15) is 9.59 Å². The van der Waals surface area contributed by atoms with Gasteiger partial charge in [-0.25, -0.2) is 0 Å². The van der Waals surface area contributed by atoms with E-state index in [4.69, 9.17) is 9.84 Å². The first-order valence-electron chi connectivity index (χ1n) is 6.34. The van der Waals surface area contributed by atoms with Crippen LogP contribution in [-0.2, 0) is 14.3 Å². The Morgan fingerprint density at radius 1 is 1.39 bits per heavy atom. The number of rotatable bonds is 3. The largest absolute Gasteiger partial charge is 0.481 e. The highest BCUT2D eigenvalue weighted by molar-refractivity contribution is 5.72. The van der Waals surface area contributed by atoms with Gasteiger partial charge in [0.25, 0.3) is 0 Å². The molecule has 18 heavy (non-hydrogen) atoms. The summed E-state index contributed by atoms with van der Waals surface area (Å²) in [7, 11) is 1.92. The minimum Gasteiger partial charge on any atom is -0.481 e. The summed E-state index contributed by atoms with van der Waals surface area (Å²) in [5.74, 6) is -1.36. The Morgan fingerprint density at radius 2 is 2.00 bits per heavy atom. The molecule has 0 amide bonds. The summed E-state index contributed by atoms with van der Waals surface area (Å²) in [6.45, 7) is 6.20. The van der Waals surface area contributed by atoms with Crippen molar-refractivity contribution < 1.29 is 19.4 Å². The van der Waals surface area contributed by atoms with Crippen molar-refractivity contribution in [2.45, 2.75) is 51.7 Å². The maximum Gasteiger partial charge on any atom is 0.307 e. The van der Waals surface area contributed by atoms with Gasteiger partial charge in [-0.2, -0.15) is 0 Å². The van der Waals surface area contributed by atoms with E-state index in [1.165, 1.54) is 0 Å². The number of hydrogen-bond acceptors (Lipinski definition) is 4. The number of nitrogens with zero attached hydrogens (tertiary/aromatic N) is 1. The number of carboxylic acid groups (broad SMARTS) is 1. The van der Waals surface area contributed by atoms with E-state index in [0.717, 1.165) is 0 Å². The fourth-order valence-corrected chi connectivity index (χ4v) is 2.21. The second kappa shape index (κ2) is 5.69. The van der Waals surface area contributed by atoms with Crippen LogP contribution in [0.2, 0.25) is 0 Å². The minimum absolute atomic E-state index is 0.0327. The first-order valence-corrected chi connectivity index (χ1v) is 6.34. The van der Waals surface area contributed by atoms with Gasteiger partial charge in [0.2, 0.25) is 0 Å². The number of aliphatic carboxylic acids is 1. The van der Waals surface area contributed by atoms with Gasteiger partial charge in [0.05, 0.1) is 12.3 Å². The van der Waals surface area contributed by atoms with Gasteiger partial charge >= 0.3 is 11.9 Å². The maximum atomic E-state index is 11.8. The molecular formula is C13H23NO4. The molecule has 1 heterocycles. The third kappa shape index (κ3) is 4.64. The molecule has 1 saturated heterocycles. The van der Waals surface area contributed by atoms with Gasteiger partial charge in [0.15, 0.2) is 0 Å².